The fraction of sp³-hybridized carbons (Fsp3) is 0.727. The lowest BCUT2D eigenvalue weighted by Crippen LogP contribution is -2.52. The van der Waals surface area contributed by atoms with Gasteiger partial charge in [-0.05, 0) is 24.4 Å². The summed E-state index contributed by atoms with van der Waals surface area (Å²) in [6.45, 7) is 1.81. The van der Waals surface area contributed by atoms with Crippen molar-refractivity contribution in [3.63, 3.8) is 0 Å². The molecule has 4 nitrogen and oxygen atoms in total. The lowest BCUT2D eigenvalue weighted by atomic mass is 9.90. The highest BCUT2D eigenvalue weighted by atomic mass is 32.1. The molecule has 1 saturated heterocycles. The fourth-order valence-corrected chi connectivity index (χ4v) is 3.54. The van der Waals surface area contributed by atoms with E-state index < -0.39 is 0 Å². The van der Waals surface area contributed by atoms with Gasteiger partial charge in [-0.1, -0.05) is 12.8 Å². The van der Waals surface area contributed by atoms with Crippen molar-refractivity contribution in [3.8, 4) is 0 Å². The minimum Gasteiger partial charge on any atom is -0.383 e. The number of nitrogens with two attached hydrogens (primary N) is 1. The predicted octanol–water partition coefficient (Wildman–Crippen LogP) is 1.87. The molecule has 1 aromatic rings. The topological polar surface area (TPSA) is 51.4 Å². The Labute approximate surface area is 99.6 Å². The molecule has 88 valence electrons. The van der Waals surface area contributed by atoms with Gasteiger partial charge in [-0.15, -0.1) is 0 Å². The maximum absolute atomic E-state index is 5.85. The molecule has 2 atom stereocenters. The molecule has 1 aromatic heterocycles. The third-order valence-corrected chi connectivity index (χ3v) is 4.37. The van der Waals surface area contributed by atoms with Crippen LogP contribution in [0.5, 0.6) is 0 Å². The van der Waals surface area contributed by atoms with Gasteiger partial charge in [0.05, 0.1) is 18.8 Å². The molecule has 1 aliphatic carbocycles. The zero-order valence-corrected chi connectivity index (χ0v) is 10.1. The number of fused-ring (bicyclic) bond motifs is 1. The third-order valence-electron chi connectivity index (χ3n) is 3.53. The monoisotopic (exact) mass is 239 g/mol. The van der Waals surface area contributed by atoms with Gasteiger partial charge in [0, 0.05) is 12.6 Å². The molecule has 0 radical (unpaired) electrons. The molecular weight excluding hydrogens is 222 g/mol. The third kappa shape index (κ3) is 1.78. The Morgan fingerprint density at radius 3 is 3.12 bits per heavy atom. The number of hydrogen-bond acceptors (Lipinski definition) is 5. The van der Waals surface area contributed by atoms with Crippen LogP contribution in [0, 0.1) is 0 Å². The lowest BCUT2D eigenvalue weighted by Gasteiger charge is -2.44. The van der Waals surface area contributed by atoms with Crippen molar-refractivity contribution < 1.29 is 4.74 Å². The summed E-state index contributed by atoms with van der Waals surface area (Å²) < 4.78 is 10.0. The normalized spacial score (nSPS) is 30.1. The number of nitrogen functional groups attached to an aromatic ring is 1. The zero-order valence-electron chi connectivity index (χ0n) is 9.26. The fourth-order valence-electron chi connectivity index (χ4n) is 2.78. The largest absolute Gasteiger partial charge is 0.383 e. The second kappa shape index (κ2) is 4.22. The van der Waals surface area contributed by atoms with Crippen molar-refractivity contribution in [2.24, 2.45) is 0 Å². The molecule has 2 fully saturated rings. The Bertz CT molecular complexity index is 366. The Balaban J connectivity index is 1.82. The van der Waals surface area contributed by atoms with E-state index in [0.717, 1.165) is 13.2 Å². The molecule has 16 heavy (non-hydrogen) atoms. The molecule has 2 aliphatic rings. The van der Waals surface area contributed by atoms with Crippen molar-refractivity contribution >= 4 is 22.4 Å². The average Bonchev–Trinajstić information content (AvgIpc) is 2.75. The molecule has 1 aliphatic heterocycles. The Hall–Kier alpha value is -0.810. The summed E-state index contributed by atoms with van der Waals surface area (Å²) in [6.07, 6.45) is 5.48. The molecule has 0 amide bonds. The van der Waals surface area contributed by atoms with Gasteiger partial charge in [-0.3, -0.25) is 0 Å². The van der Waals surface area contributed by atoms with Gasteiger partial charge in [0.15, 0.2) is 0 Å². The SMILES string of the molecule is Nc1cc(N2CCOC3CCCCC32)sn1. The molecular formula is C11H17N3OS. The molecule has 1 saturated carbocycles. The Kier molecular flexibility index (Phi) is 2.73. The van der Waals surface area contributed by atoms with Crippen molar-refractivity contribution in [2.75, 3.05) is 23.8 Å². The first-order valence-corrected chi connectivity index (χ1v) is 6.72. The van der Waals surface area contributed by atoms with Crippen LogP contribution in [0.1, 0.15) is 25.7 Å². The van der Waals surface area contributed by atoms with Crippen molar-refractivity contribution in [3.05, 3.63) is 6.07 Å². The van der Waals surface area contributed by atoms with Gasteiger partial charge >= 0.3 is 0 Å². The van der Waals surface area contributed by atoms with E-state index >= 15 is 0 Å². The molecule has 2 N–H and O–H groups in total. The van der Waals surface area contributed by atoms with Gasteiger partial charge < -0.3 is 15.4 Å². The first-order valence-electron chi connectivity index (χ1n) is 5.95. The van der Waals surface area contributed by atoms with Crippen LogP contribution in [0.2, 0.25) is 0 Å². The maximum Gasteiger partial charge on any atom is 0.139 e. The number of aromatic nitrogens is 1. The van der Waals surface area contributed by atoms with E-state index in [4.69, 9.17) is 10.5 Å². The van der Waals surface area contributed by atoms with Crippen LogP contribution in [0.15, 0.2) is 6.07 Å². The maximum atomic E-state index is 5.85. The number of rotatable bonds is 1. The van der Waals surface area contributed by atoms with Crippen molar-refractivity contribution in [1.82, 2.24) is 4.37 Å². The molecule has 0 spiro atoms. The minimum atomic E-state index is 0.422. The van der Waals surface area contributed by atoms with Crippen LogP contribution < -0.4 is 10.6 Å². The molecule has 3 rings (SSSR count). The average molecular weight is 239 g/mol. The summed E-state index contributed by atoms with van der Waals surface area (Å²) in [6, 6.07) is 2.53. The number of morpholine rings is 1. The summed E-state index contributed by atoms with van der Waals surface area (Å²) in [5.41, 5.74) is 5.69. The molecule has 2 unspecified atom stereocenters. The van der Waals surface area contributed by atoms with Gasteiger partial charge in [0.25, 0.3) is 0 Å². The summed E-state index contributed by atoms with van der Waals surface area (Å²) in [7, 11) is 0. The van der Waals surface area contributed by atoms with Crippen LogP contribution in [0.3, 0.4) is 0 Å². The molecule has 0 bridgehead atoms. The predicted molar refractivity (Wildman–Crippen MR) is 65.9 cm³/mol. The van der Waals surface area contributed by atoms with Gasteiger partial charge in [-0.2, -0.15) is 4.37 Å². The van der Waals surface area contributed by atoms with Crippen molar-refractivity contribution in [2.45, 2.75) is 37.8 Å². The Morgan fingerprint density at radius 1 is 1.44 bits per heavy atom. The highest BCUT2D eigenvalue weighted by Crippen LogP contribution is 2.34. The molecule has 5 heteroatoms. The van der Waals surface area contributed by atoms with E-state index in [1.165, 1.54) is 42.2 Å². The number of hydrogen-bond donors (Lipinski definition) is 1. The van der Waals surface area contributed by atoms with Crippen LogP contribution in [0.25, 0.3) is 0 Å². The van der Waals surface area contributed by atoms with E-state index in [0.29, 0.717) is 18.0 Å². The summed E-state index contributed by atoms with van der Waals surface area (Å²) >= 11 is 1.51. The molecule has 2 heterocycles. The first kappa shape index (κ1) is 10.4. The summed E-state index contributed by atoms with van der Waals surface area (Å²) in [5, 5.41) is 1.21. The Morgan fingerprint density at radius 2 is 2.31 bits per heavy atom. The van der Waals surface area contributed by atoms with Gasteiger partial charge in [0.2, 0.25) is 0 Å². The lowest BCUT2D eigenvalue weighted by molar-refractivity contribution is -0.00840. The number of ether oxygens (including phenoxy) is 1. The number of nitrogens with zero attached hydrogens (tertiary/aromatic N) is 2. The van der Waals surface area contributed by atoms with E-state index in [9.17, 15) is 0 Å². The summed E-state index contributed by atoms with van der Waals surface area (Å²) in [5.74, 6) is 0.638. The van der Waals surface area contributed by atoms with E-state index in [-0.39, 0.29) is 0 Å². The first-order chi connectivity index (χ1) is 7.84. The second-order valence-corrected chi connectivity index (χ2v) is 5.33. The molecule has 0 aromatic carbocycles. The highest BCUT2D eigenvalue weighted by Gasteiger charge is 2.34. The van der Waals surface area contributed by atoms with E-state index in [2.05, 4.69) is 9.27 Å². The van der Waals surface area contributed by atoms with Crippen LogP contribution in [0.4, 0.5) is 10.8 Å². The van der Waals surface area contributed by atoms with Crippen molar-refractivity contribution in [1.29, 1.82) is 0 Å². The van der Waals surface area contributed by atoms with E-state index in [1.54, 1.807) is 0 Å². The smallest absolute Gasteiger partial charge is 0.139 e. The summed E-state index contributed by atoms with van der Waals surface area (Å²) in [4.78, 5) is 2.45. The zero-order chi connectivity index (χ0) is 11.0. The standard InChI is InChI=1S/C11H17N3OS/c12-10-7-11(16-13-10)14-5-6-15-9-4-2-1-3-8(9)14/h7-9H,1-6H2,(H2,12,13). The van der Waals surface area contributed by atoms with Gasteiger partial charge in [0.1, 0.15) is 10.8 Å². The highest BCUT2D eigenvalue weighted by molar-refractivity contribution is 7.10. The number of anilines is 2. The minimum absolute atomic E-state index is 0.422. The van der Waals surface area contributed by atoms with Crippen LogP contribution >= 0.6 is 11.5 Å². The van der Waals surface area contributed by atoms with Gasteiger partial charge in [-0.25, -0.2) is 0 Å². The quantitative estimate of drug-likeness (QED) is 0.813. The van der Waals surface area contributed by atoms with E-state index in [1.807, 2.05) is 6.07 Å². The van der Waals surface area contributed by atoms with Crippen LogP contribution in [-0.2, 0) is 4.74 Å². The second-order valence-electron chi connectivity index (χ2n) is 4.54. The van der Waals surface area contributed by atoms with Crippen LogP contribution in [-0.4, -0.2) is 29.7 Å².